The molecule has 0 spiro atoms. The lowest BCUT2D eigenvalue weighted by atomic mass is 10.1. The van der Waals surface area contributed by atoms with Crippen LogP contribution in [0, 0.1) is 0 Å². The van der Waals surface area contributed by atoms with Gasteiger partial charge < -0.3 is 0 Å². The molecule has 0 rings (SSSR count). The summed E-state index contributed by atoms with van der Waals surface area (Å²) in [6.07, 6.45) is 9.06. The molecule has 0 aromatic carbocycles. The summed E-state index contributed by atoms with van der Waals surface area (Å²) in [6, 6.07) is 0. The molecule has 1 unspecified atom stereocenters. The van der Waals surface area contributed by atoms with E-state index in [-0.39, 0.29) is 0 Å². The predicted octanol–water partition coefficient (Wildman–Crippen LogP) is 6.03. The first-order valence-corrected chi connectivity index (χ1v) is 6.69. The number of alkyl halides is 5. The Kier molecular flexibility index (Phi) is 8.31. The van der Waals surface area contributed by atoms with Crippen molar-refractivity contribution in [2.75, 3.05) is 0 Å². The van der Waals surface area contributed by atoms with E-state index in [2.05, 4.69) is 18.5 Å². The van der Waals surface area contributed by atoms with Crippen LogP contribution < -0.4 is 0 Å². The molecule has 0 fully saturated rings. The van der Waals surface area contributed by atoms with Crippen molar-refractivity contribution in [3.63, 3.8) is 0 Å². The summed E-state index contributed by atoms with van der Waals surface area (Å²) in [5.74, 6) is 0. The monoisotopic (exact) mass is 290 g/mol. The van der Waals surface area contributed by atoms with Gasteiger partial charge in [0.2, 0.25) is 0 Å². The molecule has 0 saturated heterocycles. The third-order valence-corrected chi connectivity index (χ3v) is 3.16. The van der Waals surface area contributed by atoms with E-state index in [4.69, 9.17) is 11.6 Å². The summed E-state index contributed by atoms with van der Waals surface area (Å²) in [5, 5.41) is -7.37. The van der Waals surface area contributed by atoms with Gasteiger partial charge in [-0.15, -0.1) is 0 Å². The number of unbranched alkanes of at least 4 members (excludes halogenated alkanes) is 6. The van der Waals surface area contributed by atoms with Crippen LogP contribution in [0.4, 0.5) is 13.2 Å². The van der Waals surface area contributed by atoms with Gasteiger partial charge in [0.1, 0.15) is 0 Å². The Hall–Kier alpha value is 0.110. The molecule has 0 bridgehead atoms. The van der Waals surface area contributed by atoms with Crippen LogP contribution >= 0.6 is 23.2 Å². The summed E-state index contributed by atoms with van der Waals surface area (Å²) in [7, 11) is 0. The van der Waals surface area contributed by atoms with Crippen molar-refractivity contribution in [2.45, 2.75) is 62.4 Å². The largest absolute Gasteiger partial charge is 0.372 e. The summed E-state index contributed by atoms with van der Waals surface area (Å²) in [6.45, 7) is 2.14. The SMILES string of the molecule is CCCCCCCC/C=C/C(F)(Cl)C(F)(F)Cl. The molecular formula is C12H19Cl2F3. The maximum Gasteiger partial charge on any atom is 0.372 e. The van der Waals surface area contributed by atoms with Gasteiger partial charge in [-0.05, 0) is 30.5 Å². The smallest absolute Gasteiger partial charge is 0.213 e. The van der Waals surface area contributed by atoms with E-state index in [0.717, 1.165) is 19.3 Å². The van der Waals surface area contributed by atoms with Crippen molar-refractivity contribution in [3.05, 3.63) is 12.2 Å². The molecule has 0 saturated carbocycles. The van der Waals surface area contributed by atoms with Crippen LogP contribution in [0.15, 0.2) is 12.2 Å². The van der Waals surface area contributed by atoms with E-state index in [1.807, 2.05) is 0 Å². The Morgan fingerprint density at radius 3 is 2.00 bits per heavy atom. The predicted molar refractivity (Wildman–Crippen MR) is 67.6 cm³/mol. The molecule has 0 heterocycles. The minimum atomic E-state index is -4.08. The third-order valence-electron chi connectivity index (χ3n) is 2.43. The zero-order chi connectivity index (χ0) is 13.4. The number of rotatable bonds is 9. The fourth-order valence-corrected chi connectivity index (χ4v) is 1.52. The second-order valence-corrected chi connectivity index (χ2v) is 5.10. The first kappa shape index (κ1) is 17.1. The van der Waals surface area contributed by atoms with Gasteiger partial charge in [-0.2, -0.15) is 8.78 Å². The van der Waals surface area contributed by atoms with Crippen LogP contribution in [0.1, 0.15) is 51.9 Å². The van der Waals surface area contributed by atoms with Gasteiger partial charge in [0.15, 0.2) is 0 Å². The lowest BCUT2D eigenvalue weighted by molar-refractivity contribution is 0.00616. The van der Waals surface area contributed by atoms with Gasteiger partial charge in [-0.25, -0.2) is 4.39 Å². The fourth-order valence-electron chi connectivity index (χ4n) is 1.37. The zero-order valence-corrected chi connectivity index (χ0v) is 11.5. The average Bonchev–Trinajstić information content (AvgIpc) is 2.20. The van der Waals surface area contributed by atoms with E-state index in [1.165, 1.54) is 25.3 Å². The maximum absolute atomic E-state index is 13.1. The topological polar surface area (TPSA) is 0 Å². The minimum Gasteiger partial charge on any atom is -0.213 e. The molecule has 17 heavy (non-hydrogen) atoms. The van der Waals surface area contributed by atoms with E-state index in [9.17, 15) is 13.2 Å². The van der Waals surface area contributed by atoms with Gasteiger partial charge in [-0.1, -0.05) is 56.7 Å². The Morgan fingerprint density at radius 2 is 1.47 bits per heavy atom. The highest BCUT2D eigenvalue weighted by molar-refractivity contribution is 6.33. The van der Waals surface area contributed by atoms with E-state index >= 15 is 0 Å². The van der Waals surface area contributed by atoms with Crippen molar-refractivity contribution in [2.24, 2.45) is 0 Å². The van der Waals surface area contributed by atoms with Gasteiger partial charge in [0, 0.05) is 0 Å². The van der Waals surface area contributed by atoms with Crippen molar-refractivity contribution >= 4 is 23.2 Å². The van der Waals surface area contributed by atoms with E-state index in [1.54, 1.807) is 0 Å². The molecule has 0 aliphatic rings. The number of allylic oxidation sites excluding steroid dienone is 2. The normalized spacial score (nSPS) is 16.4. The van der Waals surface area contributed by atoms with Crippen LogP contribution in [0.2, 0.25) is 0 Å². The van der Waals surface area contributed by atoms with Crippen molar-refractivity contribution < 1.29 is 13.2 Å². The molecular weight excluding hydrogens is 272 g/mol. The van der Waals surface area contributed by atoms with Gasteiger partial charge in [-0.3, -0.25) is 0 Å². The molecule has 0 N–H and O–H groups in total. The fraction of sp³-hybridized carbons (Fsp3) is 0.833. The number of halogens is 5. The van der Waals surface area contributed by atoms with Crippen LogP contribution in [0.3, 0.4) is 0 Å². The molecule has 0 amide bonds. The first-order chi connectivity index (χ1) is 7.81. The molecule has 0 nitrogen and oxygen atoms in total. The average molecular weight is 291 g/mol. The molecule has 102 valence electrons. The zero-order valence-electron chi connectivity index (χ0n) is 9.99. The lowest BCUT2D eigenvalue weighted by Crippen LogP contribution is -2.31. The molecule has 1 atom stereocenters. The van der Waals surface area contributed by atoms with Crippen molar-refractivity contribution in [1.82, 2.24) is 0 Å². The summed E-state index contributed by atoms with van der Waals surface area (Å²) in [5.41, 5.74) is 0. The summed E-state index contributed by atoms with van der Waals surface area (Å²) in [4.78, 5) is 0. The molecule has 0 aromatic heterocycles. The highest BCUT2D eigenvalue weighted by Gasteiger charge is 2.50. The lowest BCUT2D eigenvalue weighted by Gasteiger charge is -2.18. The van der Waals surface area contributed by atoms with Crippen molar-refractivity contribution in [1.29, 1.82) is 0 Å². The van der Waals surface area contributed by atoms with Gasteiger partial charge in [0.05, 0.1) is 0 Å². The standard InChI is InChI=1S/C12H19Cl2F3/c1-2-3-4-5-6-7-8-9-10-11(13,15)12(14,16)17/h9-10H,2-8H2,1H3/b10-9+. The number of hydrogen-bond donors (Lipinski definition) is 0. The maximum atomic E-state index is 13.1. The third kappa shape index (κ3) is 7.93. The Balaban J connectivity index is 3.67. The minimum absolute atomic E-state index is 0.539. The van der Waals surface area contributed by atoms with E-state index in [0.29, 0.717) is 12.5 Å². The highest BCUT2D eigenvalue weighted by atomic mass is 35.5. The quantitative estimate of drug-likeness (QED) is 0.276. The van der Waals surface area contributed by atoms with Gasteiger partial charge >= 0.3 is 5.38 Å². The molecule has 0 radical (unpaired) electrons. The number of hydrogen-bond acceptors (Lipinski definition) is 0. The van der Waals surface area contributed by atoms with Crippen LogP contribution in [-0.4, -0.2) is 10.5 Å². The second kappa shape index (κ2) is 8.25. The highest BCUT2D eigenvalue weighted by Crippen LogP contribution is 2.40. The van der Waals surface area contributed by atoms with Crippen LogP contribution in [0.25, 0.3) is 0 Å². The van der Waals surface area contributed by atoms with E-state index < -0.39 is 10.5 Å². The molecule has 0 aromatic rings. The molecule has 0 aliphatic carbocycles. The first-order valence-electron chi connectivity index (χ1n) is 5.93. The summed E-state index contributed by atoms with van der Waals surface area (Å²) >= 11 is 9.49. The Morgan fingerprint density at radius 1 is 0.941 bits per heavy atom. The Labute approximate surface area is 111 Å². The van der Waals surface area contributed by atoms with Crippen LogP contribution in [-0.2, 0) is 0 Å². The Bertz CT molecular complexity index is 222. The second-order valence-electron chi connectivity index (χ2n) is 4.08. The summed E-state index contributed by atoms with van der Waals surface area (Å²) < 4.78 is 37.9. The molecule has 5 heteroatoms. The van der Waals surface area contributed by atoms with Crippen molar-refractivity contribution in [3.8, 4) is 0 Å². The van der Waals surface area contributed by atoms with Crippen LogP contribution in [0.5, 0.6) is 0 Å². The van der Waals surface area contributed by atoms with Gasteiger partial charge in [0.25, 0.3) is 5.13 Å². The molecule has 0 aliphatic heterocycles.